The molecule has 1 spiro atoms. The van der Waals surface area contributed by atoms with E-state index in [2.05, 4.69) is 39.2 Å². The number of para-hydroxylation sites is 1. The van der Waals surface area contributed by atoms with Gasteiger partial charge in [0.05, 0.1) is 36.1 Å². The van der Waals surface area contributed by atoms with Crippen LogP contribution in [-0.4, -0.2) is 69.1 Å². The highest BCUT2D eigenvalue weighted by atomic mass is 16.7. The number of amides is 1. The number of unbranched alkanes of at least 4 members (excludes halogenated alkanes) is 2. The van der Waals surface area contributed by atoms with Gasteiger partial charge in [0.1, 0.15) is 22.9 Å². The summed E-state index contributed by atoms with van der Waals surface area (Å²) in [6, 6.07) is 10.1. The zero-order valence-corrected chi connectivity index (χ0v) is 25.8. The number of piperidine rings is 1. The molecule has 1 amide bonds. The molecule has 1 fully saturated rings. The molecule has 1 aromatic carbocycles. The largest absolute Gasteiger partial charge is 0.480 e. The standard InChI is InChI=1S/C33H44N6O4/c1-5-24(40)12-7-6-8-14-27(36-31(41)28-20-33(43-38-28)15-17-39(18-16-33)22(2)3)30-34-21-29(35-30)25-19-23-11-9-10-13-26(23)37-32(25)42-4/h9-11,13,19,21-22,27H,5-8,12,14-18,20H2,1-4H3,(H,34,35)(H,36,41)/t27-/m1/s1. The second kappa shape index (κ2) is 13.7. The van der Waals surface area contributed by atoms with Crippen LogP contribution in [0.3, 0.4) is 0 Å². The number of benzene rings is 1. The van der Waals surface area contributed by atoms with Crippen molar-refractivity contribution in [3.05, 3.63) is 42.4 Å². The van der Waals surface area contributed by atoms with Gasteiger partial charge in [-0.15, -0.1) is 0 Å². The number of carbonyl (C=O) groups excluding carboxylic acids is 2. The molecule has 2 aromatic heterocycles. The van der Waals surface area contributed by atoms with Gasteiger partial charge in [-0.1, -0.05) is 43.1 Å². The molecule has 0 aliphatic carbocycles. The van der Waals surface area contributed by atoms with Crippen molar-refractivity contribution in [1.82, 2.24) is 25.2 Å². The molecule has 2 N–H and O–H groups in total. The molecule has 3 aromatic rings. The number of carbonyl (C=O) groups is 2. The van der Waals surface area contributed by atoms with Gasteiger partial charge in [0, 0.05) is 56.6 Å². The van der Waals surface area contributed by atoms with E-state index in [0.29, 0.717) is 49.1 Å². The van der Waals surface area contributed by atoms with E-state index >= 15 is 0 Å². The lowest BCUT2D eigenvalue weighted by Crippen LogP contribution is -2.47. The Hall–Kier alpha value is -3.79. The maximum atomic E-state index is 13.5. The number of oxime groups is 1. The summed E-state index contributed by atoms with van der Waals surface area (Å²) < 4.78 is 5.62. The fraction of sp³-hybridized carbons (Fsp3) is 0.545. The predicted molar refractivity (Wildman–Crippen MR) is 167 cm³/mol. The van der Waals surface area contributed by atoms with Gasteiger partial charge in [-0.05, 0) is 38.8 Å². The summed E-state index contributed by atoms with van der Waals surface area (Å²) in [4.78, 5) is 46.4. The maximum absolute atomic E-state index is 13.5. The second-order valence-corrected chi connectivity index (χ2v) is 12.1. The first kappa shape index (κ1) is 30.7. The molecule has 0 radical (unpaired) electrons. The van der Waals surface area contributed by atoms with Gasteiger partial charge < -0.3 is 24.8 Å². The molecule has 230 valence electrons. The van der Waals surface area contributed by atoms with E-state index in [1.54, 1.807) is 13.3 Å². The van der Waals surface area contributed by atoms with E-state index in [-0.39, 0.29) is 17.7 Å². The minimum atomic E-state index is -0.392. The van der Waals surface area contributed by atoms with Crippen molar-refractivity contribution in [2.24, 2.45) is 5.16 Å². The Balaban J connectivity index is 1.30. The summed E-state index contributed by atoms with van der Waals surface area (Å²) >= 11 is 0. The number of imidazole rings is 1. The molecular weight excluding hydrogens is 544 g/mol. The molecule has 2 aliphatic rings. The van der Waals surface area contributed by atoms with Gasteiger partial charge in [-0.2, -0.15) is 0 Å². The van der Waals surface area contributed by atoms with Crippen LogP contribution in [0.15, 0.2) is 41.7 Å². The number of pyridine rings is 1. The first-order valence-electron chi connectivity index (χ1n) is 15.6. The van der Waals surface area contributed by atoms with Crippen LogP contribution in [0.5, 0.6) is 5.88 Å². The number of aromatic nitrogens is 3. The average Bonchev–Trinajstić information content (AvgIpc) is 3.68. The number of aromatic amines is 1. The summed E-state index contributed by atoms with van der Waals surface area (Å²) in [5, 5.41) is 8.45. The van der Waals surface area contributed by atoms with E-state index < -0.39 is 5.60 Å². The van der Waals surface area contributed by atoms with Crippen LogP contribution in [0.4, 0.5) is 0 Å². The maximum Gasteiger partial charge on any atom is 0.269 e. The average molecular weight is 589 g/mol. The molecule has 10 nitrogen and oxygen atoms in total. The Labute approximate surface area is 253 Å². The van der Waals surface area contributed by atoms with Crippen molar-refractivity contribution in [2.45, 2.75) is 96.2 Å². The first-order chi connectivity index (χ1) is 20.8. The van der Waals surface area contributed by atoms with Crippen LogP contribution < -0.4 is 10.1 Å². The van der Waals surface area contributed by atoms with Gasteiger partial charge >= 0.3 is 0 Å². The van der Waals surface area contributed by atoms with E-state index in [1.807, 2.05) is 37.3 Å². The molecule has 2 aliphatic heterocycles. The fourth-order valence-corrected chi connectivity index (χ4v) is 6.00. The van der Waals surface area contributed by atoms with Gasteiger partial charge in [0.25, 0.3) is 5.91 Å². The molecule has 10 heteroatoms. The normalized spacial score (nSPS) is 17.2. The van der Waals surface area contributed by atoms with E-state index in [0.717, 1.165) is 67.4 Å². The quantitative estimate of drug-likeness (QED) is 0.244. The van der Waals surface area contributed by atoms with Gasteiger partial charge in [-0.3, -0.25) is 9.59 Å². The number of Topliss-reactive ketones (excluding diaryl/α,β-unsaturated/α-hetero) is 1. The number of H-pyrrole nitrogens is 1. The number of hydrogen-bond donors (Lipinski definition) is 2. The van der Waals surface area contributed by atoms with Crippen LogP contribution in [0, 0.1) is 0 Å². The highest BCUT2D eigenvalue weighted by molar-refractivity contribution is 6.39. The number of hydrogen-bond acceptors (Lipinski definition) is 8. The number of ketones is 1. The third-order valence-electron chi connectivity index (χ3n) is 8.79. The zero-order valence-electron chi connectivity index (χ0n) is 25.8. The minimum Gasteiger partial charge on any atom is -0.480 e. The van der Waals surface area contributed by atoms with Crippen LogP contribution >= 0.6 is 0 Å². The van der Waals surface area contributed by atoms with Crippen molar-refractivity contribution in [1.29, 1.82) is 0 Å². The summed E-state index contributed by atoms with van der Waals surface area (Å²) in [5.74, 6) is 1.21. The summed E-state index contributed by atoms with van der Waals surface area (Å²) in [6.45, 7) is 8.19. The van der Waals surface area contributed by atoms with E-state index in [9.17, 15) is 9.59 Å². The highest BCUT2D eigenvalue weighted by Crippen LogP contribution is 2.36. The number of rotatable bonds is 13. The molecule has 43 heavy (non-hydrogen) atoms. The number of methoxy groups -OCH3 is 1. The Bertz CT molecular complexity index is 1460. The van der Waals surface area contributed by atoms with Crippen LogP contribution in [0.1, 0.15) is 90.4 Å². The van der Waals surface area contributed by atoms with Crippen LogP contribution in [0.2, 0.25) is 0 Å². The monoisotopic (exact) mass is 588 g/mol. The van der Waals surface area contributed by atoms with Crippen molar-refractivity contribution in [3.8, 4) is 17.1 Å². The second-order valence-electron chi connectivity index (χ2n) is 12.1. The van der Waals surface area contributed by atoms with Crippen molar-refractivity contribution >= 4 is 28.3 Å². The van der Waals surface area contributed by atoms with Crippen LogP contribution in [0.25, 0.3) is 22.2 Å². The molecule has 4 heterocycles. The third-order valence-corrected chi connectivity index (χ3v) is 8.79. The Morgan fingerprint density at radius 3 is 2.70 bits per heavy atom. The summed E-state index contributed by atoms with van der Waals surface area (Å²) in [5.41, 5.74) is 2.45. The summed E-state index contributed by atoms with van der Waals surface area (Å²) in [7, 11) is 1.61. The van der Waals surface area contributed by atoms with Crippen molar-refractivity contribution < 1.29 is 19.2 Å². The first-order valence-corrected chi connectivity index (χ1v) is 15.6. The number of ether oxygens (including phenoxy) is 1. The Kier molecular flexibility index (Phi) is 9.75. The van der Waals surface area contributed by atoms with Crippen molar-refractivity contribution in [2.75, 3.05) is 20.2 Å². The SMILES string of the molecule is CCC(=O)CCCCC[C@@H](NC(=O)C1=NOC2(CCN(C(C)C)CC2)C1)c1ncc(-c2cc3ccccc3nc2OC)[nH]1. The molecule has 0 unspecified atom stereocenters. The zero-order chi connectivity index (χ0) is 30.4. The number of nitrogens with one attached hydrogen (secondary N) is 2. The van der Waals surface area contributed by atoms with Crippen LogP contribution in [-0.2, 0) is 14.4 Å². The number of fused-ring (bicyclic) bond motifs is 1. The lowest BCUT2D eigenvalue weighted by atomic mass is 9.86. The molecular formula is C33H44N6O4. The minimum absolute atomic E-state index is 0.225. The lowest BCUT2D eigenvalue weighted by Gasteiger charge is -2.39. The highest BCUT2D eigenvalue weighted by Gasteiger charge is 2.44. The van der Waals surface area contributed by atoms with Gasteiger partial charge in [0.15, 0.2) is 0 Å². The molecule has 0 bridgehead atoms. The summed E-state index contributed by atoms with van der Waals surface area (Å²) in [6.07, 6.45) is 8.41. The topological polar surface area (TPSA) is 122 Å². The predicted octanol–water partition coefficient (Wildman–Crippen LogP) is 5.74. The molecule has 1 atom stereocenters. The van der Waals surface area contributed by atoms with Crippen molar-refractivity contribution in [3.63, 3.8) is 0 Å². The fourth-order valence-electron chi connectivity index (χ4n) is 6.00. The Morgan fingerprint density at radius 1 is 1.16 bits per heavy atom. The van der Waals surface area contributed by atoms with E-state index in [4.69, 9.17) is 14.6 Å². The molecule has 0 saturated carbocycles. The lowest BCUT2D eigenvalue weighted by molar-refractivity contribution is -0.119. The third kappa shape index (κ3) is 7.24. The molecule has 5 rings (SSSR count). The Morgan fingerprint density at radius 2 is 1.95 bits per heavy atom. The number of likely N-dealkylation sites (tertiary alicyclic amines) is 1. The van der Waals surface area contributed by atoms with Gasteiger partial charge in [0.2, 0.25) is 5.88 Å². The van der Waals surface area contributed by atoms with Gasteiger partial charge in [-0.25, -0.2) is 9.97 Å². The number of nitrogens with zero attached hydrogens (tertiary/aromatic N) is 4. The van der Waals surface area contributed by atoms with E-state index in [1.165, 1.54) is 0 Å². The smallest absolute Gasteiger partial charge is 0.269 e. The molecule has 1 saturated heterocycles.